The minimum Gasteiger partial charge on any atom is -0.309 e. The molecule has 2 heterocycles. The van der Waals surface area contributed by atoms with Gasteiger partial charge in [0.15, 0.2) is 0 Å². The molecule has 54 heavy (non-hydrogen) atoms. The number of hydrogen-bond acceptors (Lipinski definition) is 0. The Kier molecular flexibility index (Phi) is 6.90. The quantitative estimate of drug-likeness (QED) is 0.171. The summed E-state index contributed by atoms with van der Waals surface area (Å²) in [5.41, 5.74) is 14.4. The van der Waals surface area contributed by atoms with Gasteiger partial charge in [-0.2, -0.15) is 0 Å². The molecule has 0 amide bonds. The maximum atomic E-state index is 2.43. The van der Waals surface area contributed by atoms with Gasteiger partial charge in [0.25, 0.3) is 0 Å². The van der Waals surface area contributed by atoms with Gasteiger partial charge in [0, 0.05) is 32.8 Å². The van der Waals surface area contributed by atoms with E-state index in [1.807, 2.05) is 0 Å². The molecule has 0 saturated heterocycles. The Balaban J connectivity index is 1.06. The first-order valence-electron chi connectivity index (χ1n) is 18.6. The molecule has 11 rings (SSSR count). The first kappa shape index (κ1) is 30.5. The fourth-order valence-electron chi connectivity index (χ4n) is 8.57. The van der Waals surface area contributed by atoms with Crippen molar-refractivity contribution in [3.8, 4) is 44.8 Å². The SMILES string of the molecule is c1ccc(-c2ccccc2-n2c3ccccc3c3cc(-c4ccc5c(c4)c4ccccc4n5-c4cccc(-c5ccc6ccccc6c5)c4)ccc32)cc1. The van der Waals surface area contributed by atoms with Gasteiger partial charge in [0.1, 0.15) is 0 Å². The van der Waals surface area contributed by atoms with Crippen molar-refractivity contribution in [1.82, 2.24) is 9.13 Å². The Labute approximate surface area is 313 Å². The van der Waals surface area contributed by atoms with Crippen molar-refractivity contribution in [3.63, 3.8) is 0 Å². The highest BCUT2D eigenvalue weighted by Crippen LogP contribution is 2.40. The minimum atomic E-state index is 1.16. The van der Waals surface area contributed by atoms with Crippen molar-refractivity contribution in [2.75, 3.05) is 0 Å². The Morgan fingerprint density at radius 1 is 0.259 bits per heavy atom. The summed E-state index contributed by atoms with van der Waals surface area (Å²) in [7, 11) is 0. The van der Waals surface area contributed by atoms with E-state index in [1.165, 1.54) is 93.5 Å². The highest BCUT2D eigenvalue weighted by Gasteiger charge is 2.18. The number of benzene rings is 9. The molecule has 0 radical (unpaired) electrons. The van der Waals surface area contributed by atoms with E-state index in [9.17, 15) is 0 Å². The van der Waals surface area contributed by atoms with Gasteiger partial charge in [-0.15, -0.1) is 0 Å². The Bertz CT molecular complexity index is 3220. The second kappa shape index (κ2) is 12.2. The summed E-state index contributed by atoms with van der Waals surface area (Å²) in [5, 5.41) is 7.51. The Morgan fingerprint density at radius 3 is 1.54 bits per heavy atom. The highest BCUT2D eigenvalue weighted by atomic mass is 15.0. The van der Waals surface area contributed by atoms with Gasteiger partial charge in [0.2, 0.25) is 0 Å². The number of aromatic nitrogens is 2. The average molecular weight is 687 g/mol. The highest BCUT2D eigenvalue weighted by molar-refractivity contribution is 6.13. The lowest BCUT2D eigenvalue weighted by Gasteiger charge is -2.14. The number of para-hydroxylation sites is 3. The standard InChI is InChI=1S/C52H34N2/c1-2-14-36(15-3-1)43-19-6-9-22-48(43)54-50-24-11-8-21-45(50)47-34-41(28-30-52(47)54)40-27-29-51-46(33-40)44-20-7-10-23-49(44)53(51)42-18-12-17-38(32-42)39-26-25-35-13-4-5-16-37(35)31-39/h1-34H. The van der Waals surface area contributed by atoms with Gasteiger partial charge >= 0.3 is 0 Å². The number of fused-ring (bicyclic) bond motifs is 7. The zero-order valence-corrected chi connectivity index (χ0v) is 29.5. The monoisotopic (exact) mass is 686 g/mol. The molecule has 2 heteroatoms. The van der Waals surface area contributed by atoms with Crippen LogP contribution in [0.1, 0.15) is 0 Å². The number of rotatable bonds is 5. The number of nitrogens with zero attached hydrogens (tertiary/aromatic N) is 2. The van der Waals surface area contributed by atoms with Crippen molar-refractivity contribution in [3.05, 3.63) is 206 Å². The van der Waals surface area contributed by atoms with Gasteiger partial charge in [-0.1, -0.05) is 146 Å². The summed E-state index contributed by atoms with van der Waals surface area (Å²) in [6.45, 7) is 0. The molecule has 11 aromatic rings. The topological polar surface area (TPSA) is 9.86 Å². The van der Waals surface area contributed by atoms with Gasteiger partial charge in [0.05, 0.1) is 27.8 Å². The predicted octanol–water partition coefficient (Wildman–Crippen LogP) is 14.0. The van der Waals surface area contributed by atoms with Gasteiger partial charge in [-0.3, -0.25) is 0 Å². The molecule has 0 unspecified atom stereocenters. The van der Waals surface area contributed by atoms with Gasteiger partial charge < -0.3 is 9.13 Å². The van der Waals surface area contributed by atoms with E-state index in [0.29, 0.717) is 0 Å². The van der Waals surface area contributed by atoms with Crippen molar-refractivity contribution < 1.29 is 0 Å². The van der Waals surface area contributed by atoms with Crippen LogP contribution in [-0.4, -0.2) is 9.13 Å². The molecule has 0 atom stereocenters. The first-order chi connectivity index (χ1) is 26.8. The zero-order valence-electron chi connectivity index (χ0n) is 29.5. The Morgan fingerprint density at radius 2 is 0.778 bits per heavy atom. The molecule has 0 aliphatic heterocycles. The molecular weight excluding hydrogens is 653 g/mol. The maximum absolute atomic E-state index is 2.43. The summed E-state index contributed by atoms with van der Waals surface area (Å²) in [6, 6.07) is 75.2. The lowest BCUT2D eigenvalue weighted by atomic mass is 10.0. The number of hydrogen-bond donors (Lipinski definition) is 0. The maximum Gasteiger partial charge on any atom is 0.0541 e. The summed E-state index contributed by atoms with van der Waals surface area (Å²) in [4.78, 5) is 0. The molecular formula is C52H34N2. The summed E-state index contributed by atoms with van der Waals surface area (Å²) >= 11 is 0. The molecule has 0 N–H and O–H groups in total. The average Bonchev–Trinajstić information content (AvgIpc) is 3.76. The molecule has 0 bridgehead atoms. The van der Waals surface area contributed by atoms with E-state index in [1.54, 1.807) is 0 Å². The molecule has 2 nitrogen and oxygen atoms in total. The third-order valence-corrected chi connectivity index (χ3v) is 11.1. The molecule has 0 aliphatic carbocycles. The van der Waals surface area contributed by atoms with E-state index in [-0.39, 0.29) is 0 Å². The zero-order chi connectivity index (χ0) is 35.6. The van der Waals surface area contributed by atoms with Crippen LogP contribution in [0.3, 0.4) is 0 Å². The van der Waals surface area contributed by atoms with Crippen LogP contribution in [0.2, 0.25) is 0 Å². The molecule has 0 fully saturated rings. The second-order valence-corrected chi connectivity index (χ2v) is 14.2. The Hall–Kier alpha value is -7.16. The van der Waals surface area contributed by atoms with Crippen LogP contribution in [0.4, 0.5) is 0 Å². The molecule has 0 aliphatic rings. The first-order valence-corrected chi connectivity index (χ1v) is 18.6. The van der Waals surface area contributed by atoms with Gasteiger partial charge in [-0.05, 0) is 99.3 Å². The minimum absolute atomic E-state index is 1.16. The summed E-state index contributed by atoms with van der Waals surface area (Å²) in [6.07, 6.45) is 0. The third kappa shape index (κ3) is 4.81. The van der Waals surface area contributed by atoms with E-state index in [2.05, 4.69) is 215 Å². The van der Waals surface area contributed by atoms with Crippen LogP contribution in [0, 0.1) is 0 Å². The fourth-order valence-corrected chi connectivity index (χ4v) is 8.57. The van der Waals surface area contributed by atoms with E-state index in [0.717, 1.165) is 5.69 Å². The van der Waals surface area contributed by atoms with Crippen molar-refractivity contribution in [1.29, 1.82) is 0 Å². The van der Waals surface area contributed by atoms with Gasteiger partial charge in [-0.25, -0.2) is 0 Å². The van der Waals surface area contributed by atoms with Crippen molar-refractivity contribution in [2.24, 2.45) is 0 Å². The second-order valence-electron chi connectivity index (χ2n) is 14.2. The molecule has 9 aromatic carbocycles. The van der Waals surface area contributed by atoms with Crippen LogP contribution in [0.25, 0.3) is 99.1 Å². The van der Waals surface area contributed by atoms with E-state index < -0.39 is 0 Å². The third-order valence-electron chi connectivity index (χ3n) is 11.1. The largest absolute Gasteiger partial charge is 0.309 e. The lowest BCUT2D eigenvalue weighted by Crippen LogP contribution is -1.97. The van der Waals surface area contributed by atoms with Crippen molar-refractivity contribution in [2.45, 2.75) is 0 Å². The summed E-state index contributed by atoms with van der Waals surface area (Å²) < 4.78 is 4.85. The van der Waals surface area contributed by atoms with Crippen LogP contribution in [0.15, 0.2) is 206 Å². The predicted molar refractivity (Wildman–Crippen MR) is 229 cm³/mol. The van der Waals surface area contributed by atoms with Crippen LogP contribution < -0.4 is 0 Å². The van der Waals surface area contributed by atoms with E-state index in [4.69, 9.17) is 0 Å². The molecule has 0 saturated carbocycles. The van der Waals surface area contributed by atoms with Crippen LogP contribution in [0.5, 0.6) is 0 Å². The van der Waals surface area contributed by atoms with Crippen LogP contribution in [-0.2, 0) is 0 Å². The lowest BCUT2D eigenvalue weighted by molar-refractivity contribution is 1.18. The van der Waals surface area contributed by atoms with Crippen molar-refractivity contribution >= 4 is 54.4 Å². The fraction of sp³-hybridized carbons (Fsp3) is 0. The summed E-state index contributed by atoms with van der Waals surface area (Å²) in [5.74, 6) is 0. The smallest absolute Gasteiger partial charge is 0.0541 e. The van der Waals surface area contributed by atoms with E-state index >= 15 is 0 Å². The van der Waals surface area contributed by atoms with Crippen LogP contribution >= 0.6 is 0 Å². The molecule has 252 valence electrons. The molecule has 2 aromatic heterocycles. The molecule has 0 spiro atoms. The normalized spacial score (nSPS) is 11.7.